The predicted molar refractivity (Wildman–Crippen MR) is 118 cm³/mol. The van der Waals surface area contributed by atoms with E-state index in [1.54, 1.807) is 6.08 Å². The highest BCUT2D eigenvalue weighted by Crippen LogP contribution is 2.23. The molecular formula is C19H26N4O2S2. The SMILES string of the molecule is CC/C(C)=C(\C=C(/N=C(C)C(C=S)=Cc1sc(=O)[nH]c1O)NC1CC1)NC. The average Bonchev–Trinajstić information content (AvgIpc) is 3.39. The topological polar surface area (TPSA) is 89.5 Å². The number of nitrogens with zero attached hydrogens (tertiary/aromatic N) is 1. The van der Waals surface area contributed by atoms with Crippen molar-refractivity contribution in [1.82, 2.24) is 15.6 Å². The standard InChI is InChI=1S/C19H26N4O2S2/c1-5-11(2)15(20-4)9-17(22-14-6-7-14)21-12(3)13(10-26)8-16-18(24)23-19(25)27-16/h8-10,14,20,22,24H,5-7H2,1-4H3,(H,23,25)/b13-8?,15-11+,17-9+,21-12?. The Balaban J connectivity index is 2.39. The summed E-state index contributed by atoms with van der Waals surface area (Å²) in [7, 11) is 1.90. The van der Waals surface area contributed by atoms with Gasteiger partial charge >= 0.3 is 4.87 Å². The van der Waals surface area contributed by atoms with Crippen LogP contribution in [0.25, 0.3) is 6.08 Å². The number of thiocarbonyl (C=S) groups is 1. The van der Waals surface area contributed by atoms with Crippen LogP contribution in [0.2, 0.25) is 0 Å². The van der Waals surface area contributed by atoms with E-state index in [1.165, 1.54) is 10.9 Å². The normalized spacial score (nSPS) is 16.8. The van der Waals surface area contributed by atoms with Crippen molar-refractivity contribution in [2.75, 3.05) is 7.05 Å². The molecule has 0 radical (unpaired) electrons. The van der Waals surface area contributed by atoms with E-state index in [0.29, 0.717) is 22.2 Å². The lowest BCUT2D eigenvalue weighted by atomic mass is 10.1. The first-order valence-electron chi connectivity index (χ1n) is 8.88. The largest absolute Gasteiger partial charge is 0.493 e. The number of aliphatic imine (C=N–C) groups is 1. The van der Waals surface area contributed by atoms with E-state index in [-0.39, 0.29) is 10.8 Å². The third kappa shape index (κ3) is 6.18. The molecule has 1 fully saturated rings. The first-order chi connectivity index (χ1) is 12.9. The molecule has 0 aliphatic heterocycles. The van der Waals surface area contributed by atoms with Gasteiger partial charge in [-0.25, -0.2) is 4.99 Å². The average molecular weight is 407 g/mol. The van der Waals surface area contributed by atoms with Crippen LogP contribution in [0.4, 0.5) is 0 Å². The van der Waals surface area contributed by atoms with Gasteiger partial charge in [0.05, 0.1) is 4.88 Å². The van der Waals surface area contributed by atoms with Gasteiger partial charge in [0.1, 0.15) is 5.82 Å². The Morgan fingerprint density at radius 1 is 1.44 bits per heavy atom. The van der Waals surface area contributed by atoms with Gasteiger partial charge in [-0.3, -0.25) is 9.78 Å². The van der Waals surface area contributed by atoms with Gasteiger partial charge in [-0.05, 0) is 39.2 Å². The minimum Gasteiger partial charge on any atom is -0.493 e. The van der Waals surface area contributed by atoms with Crippen molar-refractivity contribution in [1.29, 1.82) is 0 Å². The van der Waals surface area contributed by atoms with Crippen LogP contribution >= 0.6 is 23.6 Å². The number of thiazole rings is 1. The second-order valence-electron chi connectivity index (χ2n) is 6.39. The Kier molecular flexibility index (Phi) is 7.55. The second-order valence-corrected chi connectivity index (χ2v) is 7.64. The Morgan fingerprint density at radius 3 is 2.63 bits per heavy atom. The van der Waals surface area contributed by atoms with Crippen molar-refractivity contribution in [2.24, 2.45) is 4.99 Å². The first-order valence-corrected chi connectivity index (χ1v) is 10.2. The summed E-state index contributed by atoms with van der Waals surface area (Å²) < 4.78 is 0. The molecule has 1 aliphatic rings. The van der Waals surface area contributed by atoms with Crippen LogP contribution in [-0.2, 0) is 0 Å². The number of likely N-dealkylation sites (N-methyl/N-ethyl adjacent to an activating group) is 1. The number of aromatic hydroxyl groups is 1. The van der Waals surface area contributed by atoms with E-state index in [1.807, 2.05) is 20.0 Å². The Hall–Kier alpha value is -2.19. The molecular weight excluding hydrogens is 380 g/mol. The summed E-state index contributed by atoms with van der Waals surface area (Å²) in [5.74, 6) is 0.611. The van der Waals surface area contributed by atoms with E-state index < -0.39 is 0 Å². The van der Waals surface area contributed by atoms with Crippen LogP contribution in [0.5, 0.6) is 5.88 Å². The number of allylic oxidation sites excluding steroid dienone is 3. The predicted octanol–water partition coefficient (Wildman–Crippen LogP) is 3.48. The maximum atomic E-state index is 11.4. The maximum Gasteiger partial charge on any atom is 0.307 e. The van der Waals surface area contributed by atoms with Crippen molar-refractivity contribution < 1.29 is 5.11 Å². The van der Waals surface area contributed by atoms with Gasteiger partial charge in [0, 0.05) is 41.5 Å². The molecule has 2 rings (SSSR count). The minimum atomic E-state index is -0.313. The summed E-state index contributed by atoms with van der Waals surface area (Å²) in [5.41, 5.74) is 3.65. The van der Waals surface area contributed by atoms with Crippen molar-refractivity contribution in [2.45, 2.75) is 46.1 Å². The third-order valence-corrected chi connectivity index (χ3v) is 5.32. The van der Waals surface area contributed by atoms with Crippen molar-refractivity contribution in [3.63, 3.8) is 0 Å². The number of aromatic nitrogens is 1. The van der Waals surface area contributed by atoms with E-state index in [0.717, 1.165) is 42.1 Å². The zero-order valence-electron chi connectivity index (χ0n) is 16.0. The Labute approximate surface area is 168 Å². The fourth-order valence-electron chi connectivity index (χ4n) is 2.32. The molecule has 1 aromatic rings. The molecule has 1 heterocycles. The van der Waals surface area contributed by atoms with Gasteiger partial charge < -0.3 is 15.7 Å². The first kappa shape index (κ1) is 21.1. The number of aromatic amines is 1. The molecule has 4 N–H and O–H groups in total. The second kappa shape index (κ2) is 9.66. The van der Waals surface area contributed by atoms with Crippen LogP contribution in [-0.4, -0.2) is 34.3 Å². The van der Waals surface area contributed by atoms with Crippen LogP contribution in [0.3, 0.4) is 0 Å². The monoisotopic (exact) mass is 406 g/mol. The summed E-state index contributed by atoms with van der Waals surface area (Å²) in [6, 6.07) is 0.451. The smallest absolute Gasteiger partial charge is 0.307 e. The summed E-state index contributed by atoms with van der Waals surface area (Å²) >= 11 is 6.05. The number of nitrogens with one attached hydrogen (secondary N) is 3. The highest BCUT2D eigenvalue weighted by Gasteiger charge is 2.22. The van der Waals surface area contributed by atoms with Crippen LogP contribution < -0.4 is 15.5 Å². The van der Waals surface area contributed by atoms with Gasteiger partial charge in [0.2, 0.25) is 5.88 Å². The van der Waals surface area contributed by atoms with Gasteiger partial charge in [0.15, 0.2) is 0 Å². The molecule has 27 heavy (non-hydrogen) atoms. The number of H-pyrrole nitrogens is 1. The molecule has 0 amide bonds. The van der Waals surface area contributed by atoms with Crippen LogP contribution in [0.1, 0.15) is 44.9 Å². The van der Waals surface area contributed by atoms with Crippen LogP contribution in [0, 0.1) is 0 Å². The van der Waals surface area contributed by atoms with Gasteiger partial charge in [0.25, 0.3) is 0 Å². The molecule has 6 nitrogen and oxygen atoms in total. The molecule has 0 unspecified atom stereocenters. The molecule has 0 aromatic carbocycles. The maximum absolute atomic E-state index is 11.4. The summed E-state index contributed by atoms with van der Waals surface area (Å²) in [6.45, 7) is 6.07. The summed E-state index contributed by atoms with van der Waals surface area (Å²) in [5, 5.41) is 18.0. The Morgan fingerprint density at radius 2 is 2.15 bits per heavy atom. The number of hydrogen-bond acceptors (Lipinski definition) is 7. The molecule has 1 aliphatic carbocycles. The van der Waals surface area contributed by atoms with Crippen LogP contribution in [0.15, 0.2) is 38.5 Å². The van der Waals surface area contributed by atoms with Gasteiger partial charge in [-0.2, -0.15) is 0 Å². The lowest BCUT2D eigenvalue weighted by molar-refractivity contribution is 0.455. The fourth-order valence-corrected chi connectivity index (χ4v) is 3.24. The van der Waals surface area contributed by atoms with E-state index >= 15 is 0 Å². The quantitative estimate of drug-likeness (QED) is 0.218. The summed E-state index contributed by atoms with van der Waals surface area (Å²) in [4.78, 5) is 18.6. The zero-order chi connectivity index (χ0) is 20.0. The van der Waals surface area contributed by atoms with Gasteiger partial charge in [-0.1, -0.05) is 36.1 Å². The molecule has 0 atom stereocenters. The molecule has 1 saturated carbocycles. The number of hydrogen-bond donors (Lipinski definition) is 4. The number of rotatable bonds is 9. The lowest BCUT2D eigenvalue weighted by Crippen LogP contribution is -2.18. The molecule has 0 spiro atoms. The zero-order valence-corrected chi connectivity index (χ0v) is 17.7. The molecule has 1 aromatic heterocycles. The van der Waals surface area contributed by atoms with Crippen molar-refractivity contribution in [3.05, 3.63) is 43.3 Å². The molecule has 0 bridgehead atoms. The molecule has 146 valence electrons. The summed E-state index contributed by atoms with van der Waals surface area (Å²) in [6.07, 6.45) is 6.90. The van der Waals surface area contributed by atoms with E-state index in [4.69, 9.17) is 17.2 Å². The van der Waals surface area contributed by atoms with Crippen molar-refractivity contribution >= 4 is 40.7 Å². The Bertz CT molecular complexity index is 871. The fraction of sp³-hybridized carbons (Fsp3) is 0.421. The molecule has 8 heteroatoms. The minimum absolute atomic E-state index is 0.155. The lowest BCUT2D eigenvalue weighted by Gasteiger charge is -2.11. The van der Waals surface area contributed by atoms with E-state index in [9.17, 15) is 9.90 Å². The van der Waals surface area contributed by atoms with Crippen molar-refractivity contribution in [3.8, 4) is 5.88 Å². The van der Waals surface area contributed by atoms with Gasteiger partial charge in [-0.15, -0.1) is 0 Å². The third-order valence-electron chi connectivity index (χ3n) is 4.25. The van der Waals surface area contributed by atoms with E-state index in [2.05, 4.69) is 29.5 Å². The highest BCUT2D eigenvalue weighted by molar-refractivity contribution is 7.79. The molecule has 0 saturated heterocycles. The highest BCUT2D eigenvalue weighted by atomic mass is 32.1.